The van der Waals surface area contributed by atoms with Crippen molar-refractivity contribution in [3.63, 3.8) is 0 Å². The van der Waals surface area contributed by atoms with Crippen LogP contribution in [0.1, 0.15) is 18.1 Å². The number of alkyl halides is 1. The van der Waals surface area contributed by atoms with Gasteiger partial charge in [-0.15, -0.1) is 11.6 Å². The Balaban J connectivity index is 2.66. The highest BCUT2D eigenvalue weighted by molar-refractivity contribution is 6.20. The summed E-state index contributed by atoms with van der Waals surface area (Å²) in [6.45, 7) is 2.48. The maximum Gasteiger partial charge on any atom is 0.184 e. The van der Waals surface area contributed by atoms with Crippen LogP contribution in [0.3, 0.4) is 0 Å². The molecular formula is C12H13ClF2N2O. The largest absolute Gasteiger partial charge is 0.383 e. The first kappa shape index (κ1) is 13.2. The third kappa shape index (κ3) is 2.20. The van der Waals surface area contributed by atoms with Crippen LogP contribution in [0.4, 0.5) is 8.78 Å². The first-order valence-electron chi connectivity index (χ1n) is 5.53. The minimum absolute atomic E-state index is 0.134. The molecule has 2 rings (SSSR count). The molecule has 1 unspecified atom stereocenters. The van der Waals surface area contributed by atoms with E-state index in [-0.39, 0.29) is 5.52 Å². The van der Waals surface area contributed by atoms with E-state index in [2.05, 4.69) is 4.98 Å². The normalized spacial score (nSPS) is 13.2. The molecule has 1 atom stereocenters. The summed E-state index contributed by atoms with van der Waals surface area (Å²) in [4.78, 5) is 4.24. The minimum Gasteiger partial charge on any atom is -0.383 e. The number of fused-ring (bicyclic) bond motifs is 1. The van der Waals surface area contributed by atoms with Crippen LogP contribution in [-0.4, -0.2) is 23.3 Å². The molecule has 0 aliphatic heterocycles. The van der Waals surface area contributed by atoms with E-state index in [0.29, 0.717) is 24.5 Å². The highest BCUT2D eigenvalue weighted by atomic mass is 35.5. The van der Waals surface area contributed by atoms with Crippen LogP contribution in [0.5, 0.6) is 0 Å². The zero-order valence-corrected chi connectivity index (χ0v) is 10.8. The molecule has 98 valence electrons. The Morgan fingerprint density at radius 3 is 2.78 bits per heavy atom. The van der Waals surface area contributed by atoms with Crippen LogP contribution in [-0.2, 0) is 11.3 Å². The smallest absolute Gasteiger partial charge is 0.184 e. The molecular weight excluding hydrogens is 262 g/mol. The fourth-order valence-electron chi connectivity index (χ4n) is 1.89. The van der Waals surface area contributed by atoms with Gasteiger partial charge in [-0.2, -0.15) is 0 Å². The molecule has 18 heavy (non-hydrogen) atoms. The first-order chi connectivity index (χ1) is 8.56. The van der Waals surface area contributed by atoms with E-state index in [1.165, 1.54) is 6.07 Å². The summed E-state index contributed by atoms with van der Waals surface area (Å²) in [6, 6.07) is 2.51. The van der Waals surface area contributed by atoms with E-state index in [1.54, 1.807) is 18.6 Å². The number of methoxy groups -OCH3 is 1. The Hall–Kier alpha value is -1.20. The maximum atomic E-state index is 13.8. The minimum atomic E-state index is -0.903. The summed E-state index contributed by atoms with van der Waals surface area (Å²) in [5.41, 5.74) is 0.530. The quantitative estimate of drug-likeness (QED) is 0.800. The van der Waals surface area contributed by atoms with Crippen LogP contribution in [0, 0.1) is 11.6 Å². The molecule has 1 aromatic carbocycles. The number of ether oxygens (including phenoxy) is 1. The van der Waals surface area contributed by atoms with E-state index in [4.69, 9.17) is 16.3 Å². The molecule has 3 nitrogen and oxygen atoms in total. The molecule has 0 fully saturated rings. The van der Waals surface area contributed by atoms with E-state index < -0.39 is 17.0 Å². The SMILES string of the molecule is COCCn1c(C(C)Cl)nc2ccc(F)c(F)c21. The average Bonchev–Trinajstić information content (AvgIpc) is 2.71. The Kier molecular flexibility index (Phi) is 3.82. The van der Waals surface area contributed by atoms with Gasteiger partial charge in [0.1, 0.15) is 11.3 Å². The van der Waals surface area contributed by atoms with Gasteiger partial charge in [-0.3, -0.25) is 0 Å². The topological polar surface area (TPSA) is 27.1 Å². The summed E-state index contributed by atoms with van der Waals surface area (Å²) >= 11 is 6.01. The van der Waals surface area contributed by atoms with E-state index in [1.807, 2.05) is 0 Å². The lowest BCUT2D eigenvalue weighted by Crippen LogP contribution is -2.09. The molecule has 0 aliphatic rings. The van der Waals surface area contributed by atoms with Crippen molar-refractivity contribution < 1.29 is 13.5 Å². The van der Waals surface area contributed by atoms with Gasteiger partial charge >= 0.3 is 0 Å². The second kappa shape index (κ2) is 5.20. The number of aromatic nitrogens is 2. The zero-order valence-electron chi connectivity index (χ0n) is 10.1. The molecule has 1 heterocycles. The van der Waals surface area contributed by atoms with E-state index in [9.17, 15) is 8.78 Å². The third-order valence-corrected chi connectivity index (χ3v) is 2.90. The molecule has 6 heteroatoms. The molecule has 0 N–H and O–H groups in total. The van der Waals surface area contributed by atoms with Gasteiger partial charge in [0.15, 0.2) is 11.6 Å². The zero-order chi connectivity index (χ0) is 13.3. The maximum absolute atomic E-state index is 13.8. The standard InChI is InChI=1S/C12H13ClF2N2O/c1-7(13)12-16-9-4-3-8(14)10(15)11(9)17(12)5-6-18-2/h3-4,7H,5-6H2,1-2H3. The Morgan fingerprint density at radius 2 is 2.17 bits per heavy atom. The Bertz CT molecular complexity index is 569. The van der Waals surface area contributed by atoms with Crippen molar-refractivity contribution in [2.45, 2.75) is 18.8 Å². The lowest BCUT2D eigenvalue weighted by Gasteiger charge is -2.10. The van der Waals surface area contributed by atoms with Crippen molar-refractivity contribution in [1.29, 1.82) is 0 Å². The number of rotatable bonds is 4. The van der Waals surface area contributed by atoms with Crippen molar-refractivity contribution in [1.82, 2.24) is 9.55 Å². The predicted octanol–water partition coefficient (Wildman–Crippen LogP) is 3.26. The molecule has 0 spiro atoms. The van der Waals surface area contributed by atoms with Crippen LogP contribution in [0.2, 0.25) is 0 Å². The summed E-state index contributed by atoms with van der Waals surface area (Å²) in [5, 5.41) is -0.392. The van der Waals surface area contributed by atoms with Gasteiger partial charge < -0.3 is 9.30 Å². The highest BCUT2D eigenvalue weighted by Crippen LogP contribution is 2.27. The highest BCUT2D eigenvalue weighted by Gasteiger charge is 2.19. The molecule has 0 saturated carbocycles. The van der Waals surface area contributed by atoms with Crippen LogP contribution in [0.25, 0.3) is 11.0 Å². The first-order valence-corrected chi connectivity index (χ1v) is 5.97. The van der Waals surface area contributed by atoms with E-state index in [0.717, 1.165) is 6.07 Å². The van der Waals surface area contributed by atoms with Gasteiger partial charge in [-0.05, 0) is 19.1 Å². The van der Waals surface area contributed by atoms with Gasteiger partial charge in [0, 0.05) is 13.7 Å². The number of imidazole rings is 1. The second-order valence-electron chi connectivity index (χ2n) is 3.96. The van der Waals surface area contributed by atoms with Gasteiger partial charge in [-0.25, -0.2) is 13.8 Å². The fourth-order valence-corrected chi connectivity index (χ4v) is 2.05. The molecule has 0 radical (unpaired) electrons. The summed E-state index contributed by atoms with van der Waals surface area (Å²) in [5.74, 6) is -1.29. The lowest BCUT2D eigenvalue weighted by molar-refractivity contribution is 0.187. The van der Waals surface area contributed by atoms with Gasteiger partial charge in [0.2, 0.25) is 0 Å². The van der Waals surface area contributed by atoms with Crippen molar-refractivity contribution in [3.8, 4) is 0 Å². The molecule has 0 saturated heterocycles. The van der Waals surface area contributed by atoms with E-state index >= 15 is 0 Å². The van der Waals surface area contributed by atoms with Gasteiger partial charge in [0.05, 0.1) is 17.5 Å². The Labute approximate surface area is 108 Å². The molecule has 0 bridgehead atoms. The number of hydrogen-bond acceptors (Lipinski definition) is 2. The van der Waals surface area contributed by atoms with Crippen LogP contribution >= 0.6 is 11.6 Å². The Morgan fingerprint density at radius 1 is 1.44 bits per heavy atom. The van der Waals surface area contributed by atoms with Gasteiger partial charge in [0.25, 0.3) is 0 Å². The second-order valence-corrected chi connectivity index (χ2v) is 4.61. The van der Waals surface area contributed by atoms with Crippen LogP contribution in [0.15, 0.2) is 12.1 Å². The number of nitrogens with zero attached hydrogens (tertiary/aromatic N) is 2. The van der Waals surface area contributed by atoms with Crippen molar-refractivity contribution in [2.75, 3.05) is 13.7 Å². The van der Waals surface area contributed by atoms with Crippen LogP contribution < -0.4 is 0 Å². The third-order valence-electron chi connectivity index (χ3n) is 2.70. The molecule has 0 aliphatic carbocycles. The van der Waals surface area contributed by atoms with Crippen molar-refractivity contribution in [2.24, 2.45) is 0 Å². The summed E-state index contributed by atoms with van der Waals surface area (Å²) in [7, 11) is 1.54. The number of halogens is 3. The lowest BCUT2D eigenvalue weighted by atomic mass is 10.3. The van der Waals surface area contributed by atoms with Gasteiger partial charge in [-0.1, -0.05) is 0 Å². The summed E-state index contributed by atoms with van der Waals surface area (Å²) < 4.78 is 33.6. The van der Waals surface area contributed by atoms with Crippen molar-refractivity contribution in [3.05, 3.63) is 29.6 Å². The molecule has 1 aromatic heterocycles. The predicted molar refractivity (Wildman–Crippen MR) is 65.8 cm³/mol. The molecule has 2 aromatic rings. The molecule has 0 amide bonds. The number of benzene rings is 1. The average molecular weight is 275 g/mol. The summed E-state index contributed by atoms with van der Waals surface area (Å²) in [6.07, 6.45) is 0. The number of hydrogen-bond donors (Lipinski definition) is 0. The monoisotopic (exact) mass is 274 g/mol. The van der Waals surface area contributed by atoms with Crippen molar-refractivity contribution >= 4 is 22.6 Å². The fraction of sp³-hybridized carbons (Fsp3) is 0.417.